The van der Waals surface area contributed by atoms with Crippen molar-refractivity contribution < 1.29 is 23.1 Å². The molecule has 2 saturated heterocycles. The molecule has 3 rings (SSSR count). The van der Waals surface area contributed by atoms with E-state index in [4.69, 9.17) is 4.74 Å². The number of carboxylic acids is 1. The second-order valence-electron chi connectivity index (χ2n) is 9.15. The Kier molecular flexibility index (Phi) is 9.15. The van der Waals surface area contributed by atoms with Gasteiger partial charge in [-0.2, -0.15) is 4.31 Å². The standard InChI is InChI=1S/C24H39N3O5S/c1-3-4-5-6-21-7-9-22(10-8-21)26-15-17-27(18-16-26)33(30,31)24(23(28)29)11-13-25(14-12-24)19-20-32-2/h7-10H,3-6,11-20H2,1-2H3,(H,28,29). The Hall–Kier alpha value is -1.68. The second kappa shape index (κ2) is 11.6. The topological polar surface area (TPSA) is 90.4 Å². The SMILES string of the molecule is CCCCCc1ccc(N2CCN(S(=O)(=O)C3(C(=O)O)CCN(CCOC)CC3)CC2)cc1. The van der Waals surface area contributed by atoms with Gasteiger partial charge in [0.15, 0.2) is 4.75 Å². The Morgan fingerprint density at radius 1 is 1.03 bits per heavy atom. The van der Waals surface area contributed by atoms with Crippen LogP contribution in [-0.2, 0) is 26.0 Å². The number of rotatable bonds is 11. The Balaban J connectivity index is 1.61. The monoisotopic (exact) mass is 481 g/mol. The number of piperidine rings is 1. The Labute approximate surface area is 198 Å². The number of piperazine rings is 1. The zero-order valence-corrected chi connectivity index (χ0v) is 20.9. The first kappa shape index (κ1) is 25.9. The number of aryl methyl sites for hydroxylation is 1. The van der Waals surface area contributed by atoms with Crippen LogP contribution in [0.5, 0.6) is 0 Å². The molecule has 0 bridgehead atoms. The zero-order chi connectivity index (χ0) is 23.9. The maximum absolute atomic E-state index is 13.5. The van der Waals surface area contributed by atoms with Gasteiger partial charge in [0.2, 0.25) is 10.0 Å². The predicted molar refractivity (Wildman–Crippen MR) is 130 cm³/mol. The van der Waals surface area contributed by atoms with Gasteiger partial charge < -0.3 is 19.6 Å². The number of hydrogen-bond donors (Lipinski definition) is 1. The van der Waals surface area contributed by atoms with Crippen LogP contribution >= 0.6 is 0 Å². The van der Waals surface area contributed by atoms with E-state index in [1.165, 1.54) is 29.1 Å². The Morgan fingerprint density at radius 3 is 2.21 bits per heavy atom. The van der Waals surface area contributed by atoms with E-state index in [9.17, 15) is 18.3 Å². The lowest BCUT2D eigenvalue weighted by Crippen LogP contribution is -2.61. The number of unbranched alkanes of at least 4 members (excludes halogenated alkanes) is 2. The van der Waals surface area contributed by atoms with Gasteiger partial charge in [0.1, 0.15) is 0 Å². The smallest absolute Gasteiger partial charge is 0.326 e. The van der Waals surface area contributed by atoms with E-state index in [0.29, 0.717) is 52.4 Å². The van der Waals surface area contributed by atoms with Crippen molar-refractivity contribution in [1.29, 1.82) is 0 Å². The maximum Gasteiger partial charge on any atom is 0.326 e. The number of aliphatic carboxylic acids is 1. The quantitative estimate of drug-likeness (QED) is 0.486. The van der Waals surface area contributed by atoms with E-state index in [-0.39, 0.29) is 12.8 Å². The molecule has 0 spiro atoms. The molecule has 186 valence electrons. The molecule has 8 nitrogen and oxygen atoms in total. The van der Waals surface area contributed by atoms with E-state index in [1.807, 2.05) is 0 Å². The van der Waals surface area contributed by atoms with E-state index >= 15 is 0 Å². The van der Waals surface area contributed by atoms with Crippen molar-refractivity contribution in [1.82, 2.24) is 9.21 Å². The Bertz CT molecular complexity index is 859. The third kappa shape index (κ3) is 5.88. The molecule has 1 aromatic rings. The van der Waals surface area contributed by atoms with Crippen molar-refractivity contribution in [2.45, 2.75) is 50.2 Å². The highest BCUT2D eigenvalue weighted by atomic mass is 32.2. The summed E-state index contributed by atoms with van der Waals surface area (Å²) < 4.78 is 31.8. The number of methoxy groups -OCH3 is 1. The normalized spacial score (nSPS) is 20.1. The van der Waals surface area contributed by atoms with Gasteiger partial charge in [-0.15, -0.1) is 0 Å². The van der Waals surface area contributed by atoms with Crippen LogP contribution in [0.1, 0.15) is 44.6 Å². The van der Waals surface area contributed by atoms with Crippen molar-refractivity contribution in [3.05, 3.63) is 29.8 Å². The van der Waals surface area contributed by atoms with Crippen LogP contribution in [0, 0.1) is 0 Å². The predicted octanol–water partition coefficient (Wildman–Crippen LogP) is 2.44. The van der Waals surface area contributed by atoms with Crippen LogP contribution in [0.3, 0.4) is 0 Å². The first-order chi connectivity index (χ1) is 15.8. The molecule has 9 heteroatoms. The Morgan fingerprint density at radius 2 is 1.67 bits per heavy atom. The molecule has 0 radical (unpaired) electrons. The van der Waals surface area contributed by atoms with Gasteiger partial charge in [-0.25, -0.2) is 8.42 Å². The van der Waals surface area contributed by atoms with E-state index < -0.39 is 20.7 Å². The highest BCUT2D eigenvalue weighted by Crippen LogP contribution is 2.34. The minimum absolute atomic E-state index is 0.105. The molecule has 2 aliphatic heterocycles. The van der Waals surface area contributed by atoms with Crippen molar-refractivity contribution in [3.8, 4) is 0 Å². The lowest BCUT2D eigenvalue weighted by Gasteiger charge is -2.43. The van der Waals surface area contributed by atoms with E-state index in [1.54, 1.807) is 7.11 Å². The molecule has 1 N–H and O–H groups in total. The molecule has 0 unspecified atom stereocenters. The fourth-order valence-electron chi connectivity index (χ4n) is 4.83. The van der Waals surface area contributed by atoms with Crippen molar-refractivity contribution in [2.75, 3.05) is 64.4 Å². The van der Waals surface area contributed by atoms with Crippen LogP contribution in [0.25, 0.3) is 0 Å². The fraction of sp³-hybridized carbons (Fsp3) is 0.708. The summed E-state index contributed by atoms with van der Waals surface area (Å²) in [7, 11) is -2.34. The number of carboxylic acid groups (broad SMARTS) is 1. The molecule has 1 aromatic carbocycles. The minimum atomic E-state index is -3.97. The number of carbonyl (C=O) groups is 1. The van der Waals surface area contributed by atoms with Gasteiger partial charge in [-0.05, 0) is 43.4 Å². The summed E-state index contributed by atoms with van der Waals surface area (Å²) in [5, 5.41) is 9.99. The highest BCUT2D eigenvalue weighted by molar-refractivity contribution is 7.91. The lowest BCUT2D eigenvalue weighted by molar-refractivity contribution is -0.141. The van der Waals surface area contributed by atoms with Crippen LogP contribution < -0.4 is 4.90 Å². The summed E-state index contributed by atoms with van der Waals surface area (Å²) in [4.78, 5) is 16.5. The van der Waals surface area contributed by atoms with E-state index in [2.05, 4.69) is 41.0 Å². The number of ether oxygens (including phenoxy) is 1. The number of sulfonamides is 1. The summed E-state index contributed by atoms with van der Waals surface area (Å²) in [5.41, 5.74) is 2.42. The van der Waals surface area contributed by atoms with Gasteiger partial charge in [0, 0.05) is 58.6 Å². The van der Waals surface area contributed by atoms with Crippen molar-refractivity contribution >= 4 is 21.7 Å². The van der Waals surface area contributed by atoms with Crippen LogP contribution in [0.2, 0.25) is 0 Å². The fourth-order valence-corrected chi connectivity index (χ4v) is 6.88. The molecule has 2 heterocycles. The van der Waals surface area contributed by atoms with Gasteiger partial charge in [-0.1, -0.05) is 31.9 Å². The van der Waals surface area contributed by atoms with Crippen LogP contribution in [-0.4, -0.2) is 93.0 Å². The molecule has 0 amide bonds. The first-order valence-corrected chi connectivity index (χ1v) is 13.6. The number of benzene rings is 1. The third-order valence-corrected chi connectivity index (χ3v) is 9.72. The van der Waals surface area contributed by atoms with Gasteiger partial charge in [0.25, 0.3) is 0 Å². The number of likely N-dealkylation sites (tertiary alicyclic amines) is 1. The molecule has 2 fully saturated rings. The molecular weight excluding hydrogens is 442 g/mol. The first-order valence-electron chi connectivity index (χ1n) is 12.1. The third-order valence-electron chi connectivity index (χ3n) is 7.11. The average Bonchev–Trinajstić information content (AvgIpc) is 2.83. The largest absolute Gasteiger partial charge is 0.480 e. The van der Waals surface area contributed by atoms with Gasteiger partial charge in [-0.3, -0.25) is 4.79 Å². The van der Waals surface area contributed by atoms with Crippen molar-refractivity contribution in [2.24, 2.45) is 0 Å². The number of hydrogen-bond acceptors (Lipinski definition) is 6. The molecule has 0 aliphatic carbocycles. The maximum atomic E-state index is 13.5. The number of nitrogens with zero attached hydrogens (tertiary/aromatic N) is 3. The van der Waals surface area contributed by atoms with Crippen LogP contribution in [0.15, 0.2) is 24.3 Å². The van der Waals surface area contributed by atoms with Crippen molar-refractivity contribution in [3.63, 3.8) is 0 Å². The molecule has 0 atom stereocenters. The van der Waals surface area contributed by atoms with Gasteiger partial charge >= 0.3 is 5.97 Å². The number of anilines is 1. The molecule has 2 aliphatic rings. The van der Waals surface area contributed by atoms with E-state index in [0.717, 1.165) is 12.1 Å². The van der Waals surface area contributed by atoms with Crippen LogP contribution in [0.4, 0.5) is 5.69 Å². The zero-order valence-electron chi connectivity index (χ0n) is 20.0. The lowest BCUT2D eigenvalue weighted by atomic mass is 9.96. The average molecular weight is 482 g/mol. The molecular formula is C24H39N3O5S. The summed E-state index contributed by atoms with van der Waals surface area (Å²) in [6.45, 7) is 6.06. The molecule has 33 heavy (non-hydrogen) atoms. The summed E-state index contributed by atoms with van der Waals surface area (Å²) >= 11 is 0. The second-order valence-corrected chi connectivity index (χ2v) is 11.4. The highest BCUT2D eigenvalue weighted by Gasteiger charge is 2.55. The molecule has 0 aromatic heterocycles. The molecule has 0 saturated carbocycles. The summed E-state index contributed by atoms with van der Waals surface area (Å²) in [6, 6.07) is 8.54. The minimum Gasteiger partial charge on any atom is -0.480 e. The summed E-state index contributed by atoms with van der Waals surface area (Å²) in [6.07, 6.45) is 4.94. The van der Waals surface area contributed by atoms with Gasteiger partial charge in [0.05, 0.1) is 6.61 Å². The summed E-state index contributed by atoms with van der Waals surface area (Å²) in [5.74, 6) is -1.23.